The summed E-state index contributed by atoms with van der Waals surface area (Å²) >= 11 is 0. The monoisotopic (exact) mass is 290 g/mol. The van der Waals surface area contributed by atoms with Gasteiger partial charge in [0.05, 0.1) is 0 Å². The Kier molecular flexibility index (Phi) is 3.81. The summed E-state index contributed by atoms with van der Waals surface area (Å²) in [7, 11) is 0. The summed E-state index contributed by atoms with van der Waals surface area (Å²) in [6.45, 7) is 4.19. The fourth-order valence-corrected chi connectivity index (χ4v) is 0.637. The first-order chi connectivity index (χ1) is 3.79. The Morgan fingerprint density at radius 3 is 1.22 bits per heavy atom. The molecule has 0 aliphatic rings. The number of hydrogen-bond donors (Lipinski definition) is 0. The molecule has 0 heterocycles. The molecule has 0 nitrogen and oxygen atoms in total. The normalized spacial score (nSPS) is 8.22. The maximum atomic E-state index is 2.12. The van der Waals surface area contributed by atoms with Gasteiger partial charge >= 0.3 is 0 Å². The molecule has 0 fully saturated rings. The molecule has 0 saturated heterocycles. The zero-order valence-electron chi connectivity index (χ0n) is 5.72. The summed E-state index contributed by atoms with van der Waals surface area (Å²) in [4.78, 5) is 0. The summed E-state index contributed by atoms with van der Waals surface area (Å²) in [6, 6.07) is 8.48. The SMILES string of the molecule is Cc1ccc(C)cc1.[W]. The first-order valence-corrected chi connectivity index (χ1v) is 2.82. The van der Waals surface area contributed by atoms with Crippen LogP contribution in [-0.4, -0.2) is 0 Å². The van der Waals surface area contributed by atoms with E-state index in [0.717, 1.165) is 0 Å². The Labute approximate surface area is 70.5 Å². The molecule has 0 saturated carbocycles. The van der Waals surface area contributed by atoms with Crippen LogP contribution in [0.2, 0.25) is 0 Å². The van der Waals surface area contributed by atoms with Gasteiger partial charge in [0.15, 0.2) is 0 Å². The number of rotatable bonds is 0. The van der Waals surface area contributed by atoms with Gasteiger partial charge in [0, 0.05) is 21.1 Å². The molecular formula is C8H10W. The second-order valence-corrected chi connectivity index (χ2v) is 2.15. The van der Waals surface area contributed by atoms with Gasteiger partial charge in [-0.1, -0.05) is 35.4 Å². The summed E-state index contributed by atoms with van der Waals surface area (Å²) in [6.07, 6.45) is 0. The van der Waals surface area contributed by atoms with Crippen LogP contribution in [0.15, 0.2) is 24.3 Å². The van der Waals surface area contributed by atoms with E-state index in [2.05, 4.69) is 38.1 Å². The Morgan fingerprint density at radius 1 is 0.778 bits per heavy atom. The number of aryl methyl sites for hydroxylation is 2. The summed E-state index contributed by atoms with van der Waals surface area (Å²) in [5.74, 6) is 0. The molecule has 1 rings (SSSR count). The molecule has 9 heavy (non-hydrogen) atoms. The molecule has 0 N–H and O–H groups in total. The molecular weight excluding hydrogens is 280 g/mol. The van der Waals surface area contributed by atoms with Gasteiger partial charge in [-0.15, -0.1) is 0 Å². The van der Waals surface area contributed by atoms with Crippen molar-refractivity contribution in [2.75, 3.05) is 0 Å². The standard InChI is InChI=1S/C8H10.W/c1-7-3-5-8(2)6-4-7;/h3-6H,1-2H3;. The molecule has 0 aliphatic heterocycles. The Balaban J connectivity index is 0.000000640. The average Bonchev–Trinajstić information content (AvgIpc) is 1.77. The van der Waals surface area contributed by atoms with Crippen LogP contribution in [0.4, 0.5) is 0 Å². The fourth-order valence-electron chi connectivity index (χ4n) is 0.637. The van der Waals surface area contributed by atoms with Gasteiger partial charge in [-0.2, -0.15) is 0 Å². The van der Waals surface area contributed by atoms with E-state index in [9.17, 15) is 0 Å². The van der Waals surface area contributed by atoms with E-state index < -0.39 is 0 Å². The van der Waals surface area contributed by atoms with Crippen molar-refractivity contribution in [1.82, 2.24) is 0 Å². The van der Waals surface area contributed by atoms with Gasteiger partial charge in [-0.25, -0.2) is 0 Å². The minimum Gasteiger partial charge on any atom is -0.0591 e. The van der Waals surface area contributed by atoms with Crippen molar-refractivity contribution in [2.45, 2.75) is 13.8 Å². The maximum Gasteiger partial charge on any atom is 0 e. The van der Waals surface area contributed by atoms with Crippen molar-refractivity contribution in [2.24, 2.45) is 0 Å². The molecule has 0 amide bonds. The molecule has 0 bridgehead atoms. The van der Waals surface area contributed by atoms with E-state index in [1.807, 2.05) is 0 Å². The third kappa shape index (κ3) is 2.81. The second-order valence-electron chi connectivity index (χ2n) is 2.15. The van der Waals surface area contributed by atoms with Gasteiger partial charge in [0.1, 0.15) is 0 Å². The average molecular weight is 290 g/mol. The van der Waals surface area contributed by atoms with Crippen molar-refractivity contribution in [3.63, 3.8) is 0 Å². The van der Waals surface area contributed by atoms with Crippen LogP contribution in [-0.2, 0) is 21.1 Å². The van der Waals surface area contributed by atoms with Crippen LogP contribution in [0.5, 0.6) is 0 Å². The van der Waals surface area contributed by atoms with Crippen molar-refractivity contribution < 1.29 is 21.1 Å². The molecule has 0 radical (unpaired) electrons. The van der Waals surface area contributed by atoms with Crippen LogP contribution in [0.25, 0.3) is 0 Å². The zero-order chi connectivity index (χ0) is 5.98. The van der Waals surface area contributed by atoms with Gasteiger partial charge in [-0.05, 0) is 13.8 Å². The zero-order valence-corrected chi connectivity index (χ0v) is 8.65. The number of benzene rings is 1. The molecule has 0 aliphatic carbocycles. The predicted octanol–water partition coefficient (Wildman–Crippen LogP) is 2.30. The van der Waals surface area contributed by atoms with E-state index in [0.29, 0.717) is 0 Å². The van der Waals surface area contributed by atoms with Gasteiger partial charge in [-0.3, -0.25) is 0 Å². The van der Waals surface area contributed by atoms with Crippen molar-refractivity contribution >= 4 is 0 Å². The molecule has 1 aromatic carbocycles. The minimum atomic E-state index is 0. The molecule has 1 heteroatoms. The van der Waals surface area contributed by atoms with Crippen LogP contribution in [0.3, 0.4) is 0 Å². The Hall–Kier alpha value is -0.0917. The third-order valence-corrected chi connectivity index (χ3v) is 1.22. The molecule has 0 atom stereocenters. The maximum absolute atomic E-state index is 2.12. The second kappa shape index (κ2) is 3.84. The fraction of sp³-hybridized carbons (Fsp3) is 0.250. The van der Waals surface area contributed by atoms with Crippen LogP contribution >= 0.6 is 0 Å². The predicted molar refractivity (Wildman–Crippen MR) is 35.9 cm³/mol. The van der Waals surface area contributed by atoms with Crippen LogP contribution < -0.4 is 0 Å². The van der Waals surface area contributed by atoms with E-state index in [4.69, 9.17) is 0 Å². The summed E-state index contributed by atoms with van der Waals surface area (Å²) in [5, 5.41) is 0. The van der Waals surface area contributed by atoms with E-state index >= 15 is 0 Å². The molecule has 0 aromatic heterocycles. The number of hydrogen-bond acceptors (Lipinski definition) is 0. The van der Waals surface area contributed by atoms with E-state index in [1.54, 1.807) is 0 Å². The van der Waals surface area contributed by atoms with Gasteiger partial charge < -0.3 is 0 Å². The quantitative estimate of drug-likeness (QED) is 0.688. The summed E-state index contributed by atoms with van der Waals surface area (Å²) < 4.78 is 0. The molecule has 48 valence electrons. The summed E-state index contributed by atoms with van der Waals surface area (Å²) in [5.41, 5.74) is 2.66. The molecule has 1 aromatic rings. The topological polar surface area (TPSA) is 0 Å². The Morgan fingerprint density at radius 2 is 1.00 bits per heavy atom. The van der Waals surface area contributed by atoms with Crippen LogP contribution in [0.1, 0.15) is 11.1 Å². The molecule has 0 unspecified atom stereocenters. The first kappa shape index (κ1) is 8.91. The van der Waals surface area contributed by atoms with Gasteiger partial charge in [0.2, 0.25) is 0 Å². The third-order valence-electron chi connectivity index (χ3n) is 1.22. The van der Waals surface area contributed by atoms with E-state index in [1.165, 1.54) is 11.1 Å². The smallest absolute Gasteiger partial charge is 0 e. The van der Waals surface area contributed by atoms with Crippen molar-refractivity contribution in [1.29, 1.82) is 0 Å². The molecule has 0 spiro atoms. The first-order valence-electron chi connectivity index (χ1n) is 2.82. The van der Waals surface area contributed by atoms with Gasteiger partial charge in [0.25, 0.3) is 0 Å². The largest absolute Gasteiger partial charge is 0.0591 e. The minimum absolute atomic E-state index is 0. The van der Waals surface area contributed by atoms with Crippen molar-refractivity contribution in [3.8, 4) is 0 Å². The van der Waals surface area contributed by atoms with E-state index in [-0.39, 0.29) is 21.1 Å². The van der Waals surface area contributed by atoms with Crippen LogP contribution in [0, 0.1) is 13.8 Å². The Bertz CT molecular complexity index is 143. The van der Waals surface area contributed by atoms with Crippen molar-refractivity contribution in [3.05, 3.63) is 35.4 Å².